The molecule has 0 heterocycles. The number of hydrogen-bond acceptors (Lipinski definition) is 2. The standard InChI is InChI=1S/HNO3.4H2O.Sr.2H/c2-1(3)4;;;;;;;/h(H,2,3,4);4*1H2;;;. The molecule has 9 N–H and O–H groups in total. The van der Waals surface area contributed by atoms with Crippen LogP contribution in [0.5, 0.6) is 0 Å². The first kappa shape index (κ1) is 55.8. The summed E-state index contributed by atoms with van der Waals surface area (Å²) in [6.45, 7) is 0. The predicted molar refractivity (Wildman–Crippen MR) is 31.8 cm³/mol. The monoisotopic (exact) mass is 225 g/mol. The average Bonchev–Trinajstić information content (AvgIpc) is 0.811. The zero-order chi connectivity index (χ0) is 3.58. The van der Waals surface area contributed by atoms with Crippen LogP contribution < -0.4 is 0 Å². The van der Waals surface area contributed by atoms with Gasteiger partial charge in [0.05, 0.1) is 0 Å². The second-order valence-corrected chi connectivity index (χ2v) is 0.238. The fourth-order valence-corrected chi connectivity index (χ4v) is 0. The van der Waals surface area contributed by atoms with Crippen LogP contribution in [0.25, 0.3) is 0 Å². The zero-order valence-corrected chi connectivity index (χ0v) is 3.71. The van der Waals surface area contributed by atoms with E-state index in [4.69, 9.17) is 15.3 Å². The van der Waals surface area contributed by atoms with E-state index >= 15 is 0 Å². The first-order valence-corrected chi connectivity index (χ1v) is 0.565. The molecule has 0 aromatic rings. The zero-order valence-electron chi connectivity index (χ0n) is 3.71. The summed E-state index contributed by atoms with van der Waals surface area (Å²) < 4.78 is 0. The van der Waals surface area contributed by atoms with Gasteiger partial charge in [-0.2, -0.15) is 0 Å². The van der Waals surface area contributed by atoms with E-state index in [-0.39, 0.29) is 67.4 Å². The third-order valence-electron chi connectivity index (χ3n) is 0. The van der Waals surface area contributed by atoms with Crippen LogP contribution in [-0.4, -0.2) is 77.7 Å². The SMILES string of the molecule is O.O.O.O.O=[N+]([O-])O.[SrH2]. The summed E-state index contributed by atoms with van der Waals surface area (Å²) in [6, 6.07) is 0. The molecule has 0 aliphatic heterocycles. The first-order valence-electron chi connectivity index (χ1n) is 0.565. The molecule has 8 nitrogen and oxygen atoms in total. The number of rotatable bonds is 0. The van der Waals surface area contributed by atoms with Crippen molar-refractivity contribution in [3.63, 3.8) is 0 Å². The molecule has 0 bridgehead atoms. The van der Waals surface area contributed by atoms with E-state index in [1.807, 2.05) is 0 Å². The maximum atomic E-state index is 8.36. The number of hydrogen-bond donors (Lipinski definition) is 1. The van der Waals surface area contributed by atoms with Crippen molar-refractivity contribution in [1.29, 1.82) is 0 Å². The van der Waals surface area contributed by atoms with E-state index in [0.717, 1.165) is 0 Å². The summed E-state index contributed by atoms with van der Waals surface area (Å²) in [7, 11) is 0. The molecule has 0 atom stereocenters. The Bertz CT molecular complexity index is 31.9. The second-order valence-electron chi connectivity index (χ2n) is 0.238. The van der Waals surface area contributed by atoms with E-state index < -0.39 is 5.09 Å². The normalized spacial score (nSPS) is 2.67. The van der Waals surface area contributed by atoms with Crippen LogP contribution in [0.3, 0.4) is 0 Å². The van der Waals surface area contributed by atoms with Gasteiger partial charge in [-0.05, 0) is 0 Å². The summed E-state index contributed by atoms with van der Waals surface area (Å²) in [5, 5.41) is 13.6. The van der Waals surface area contributed by atoms with Crippen molar-refractivity contribution in [1.82, 2.24) is 0 Å². The molecule has 0 aromatic carbocycles. The topological polar surface area (TPSA) is 189 Å². The van der Waals surface area contributed by atoms with Gasteiger partial charge >= 0.3 is 45.5 Å². The van der Waals surface area contributed by atoms with Crippen LogP contribution in [0.15, 0.2) is 0 Å². The maximum absolute atomic E-state index is 8.36. The molecule has 60 valence electrons. The van der Waals surface area contributed by atoms with Gasteiger partial charge in [0.15, 0.2) is 0 Å². The van der Waals surface area contributed by atoms with Crippen molar-refractivity contribution in [3.05, 3.63) is 10.1 Å². The molecular weight excluding hydrogens is 214 g/mol. The third-order valence-corrected chi connectivity index (χ3v) is 0. The van der Waals surface area contributed by atoms with Gasteiger partial charge in [-0.15, -0.1) is 10.1 Å². The molecule has 0 unspecified atom stereocenters. The quantitative estimate of drug-likeness (QED) is 0.247. The molecule has 0 saturated carbocycles. The fourth-order valence-electron chi connectivity index (χ4n) is 0. The molecule has 0 saturated heterocycles. The van der Waals surface area contributed by atoms with Gasteiger partial charge < -0.3 is 27.1 Å². The Kier molecular flexibility index (Phi) is 241. The Morgan fingerprint density at radius 1 is 1.11 bits per heavy atom. The molecule has 9 heavy (non-hydrogen) atoms. The molecule has 0 aliphatic rings. The molecule has 0 amide bonds. The van der Waals surface area contributed by atoms with E-state index in [1.54, 1.807) is 0 Å². The predicted octanol–water partition coefficient (Wildman–Crippen LogP) is -4.56. The van der Waals surface area contributed by atoms with Crippen molar-refractivity contribution in [3.8, 4) is 0 Å². The van der Waals surface area contributed by atoms with E-state index in [1.165, 1.54) is 0 Å². The average molecular weight is 225 g/mol. The van der Waals surface area contributed by atoms with Crippen molar-refractivity contribution in [2.24, 2.45) is 0 Å². The molecule has 0 rings (SSSR count). The minimum atomic E-state index is -1.50. The fraction of sp³-hybridized carbons (Fsp3) is 0. The van der Waals surface area contributed by atoms with Gasteiger partial charge in [0.25, 0.3) is 5.09 Å². The molecule has 9 heteroatoms. The van der Waals surface area contributed by atoms with Crippen molar-refractivity contribution in [2.75, 3.05) is 0 Å². The van der Waals surface area contributed by atoms with Gasteiger partial charge in [0.1, 0.15) is 0 Å². The van der Waals surface area contributed by atoms with Crippen LogP contribution in [0.2, 0.25) is 0 Å². The summed E-state index contributed by atoms with van der Waals surface area (Å²) in [5.74, 6) is 0. The molecular formula is H11NO7Sr. The van der Waals surface area contributed by atoms with Crippen molar-refractivity contribution < 1.29 is 32.2 Å². The van der Waals surface area contributed by atoms with E-state index in [9.17, 15) is 0 Å². The van der Waals surface area contributed by atoms with Gasteiger partial charge in [-0.3, -0.25) is 0 Å². The Labute approximate surface area is 87.1 Å². The van der Waals surface area contributed by atoms with Crippen LogP contribution in [0, 0.1) is 10.1 Å². The van der Waals surface area contributed by atoms with Crippen molar-refractivity contribution >= 4 is 45.5 Å². The molecule has 0 radical (unpaired) electrons. The Morgan fingerprint density at radius 3 is 1.11 bits per heavy atom. The summed E-state index contributed by atoms with van der Waals surface area (Å²) in [6.07, 6.45) is 0. The van der Waals surface area contributed by atoms with Gasteiger partial charge in [0, 0.05) is 0 Å². The minimum absolute atomic E-state index is 0. The van der Waals surface area contributed by atoms with Gasteiger partial charge in [-0.1, -0.05) is 0 Å². The molecule has 0 aromatic heterocycles. The van der Waals surface area contributed by atoms with Gasteiger partial charge in [0.2, 0.25) is 0 Å². The Morgan fingerprint density at radius 2 is 1.11 bits per heavy atom. The van der Waals surface area contributed by atoms with E-state index in [2.05, 4.69) is 0 Å². The summed E-state index contributed by atoms with van der Waals surface area (Å²) >= 11 is 0. The van der Waals surface area contributed by atoms with E-state index in [0.29, 0.717) is 0 Å². The first-order chi connectivity index (χ1) is 1.73. The van der Waals surface area contributed by atoms with Crippen LogP contribution in [0.4, 0.5) is 0 Å². The summed E-state index contributed by atoms with van der Waals surface area (Å²) in [4.78, 5) is 8.36. The molecule has 0 fully saturated rings. The van der Waals surface area contributed by atoms with Crippen LogP contribution >= 0.6 is 0 Å². The summed E-state index contributed by atoms with van der Waals surface area (Å²) in [5.41, 5.74) is 0. The Balaban J connectivity index is -0.00000000450. The Hall–Kier alpha value is 0.521. The van der Waals surface area contributed by atoms with Crippen LogP contribution in [0.1, 0.15) is 0 Å². The molecule has 0 spiro atoms. The van der Waals surface area contributed by atoms with Crippen LogP contribution in [-0.2, 0) is 0 Å². The third kappa shape index (κ3) is 1340. The molecule has 0 aliphatic carbocycles. The second kappa shape index (κ2) is 38.9. The van der Waals surface area contributed by atoms with Crippen molar-refractivity contribution in [2.45, 2.75) is 0 Å². The number of nitrogens with zero attached hydrogens (tertiary/aromatic N) is 1. The van der Waals surface area contributed by atoms with Gasteiger partial charge in [-0.25, -0.2) is 0 Å².